The maximum Gasteiger partial charge on any atom is 0.325 e. The number of hydrogen-bond acceptors (Lipinski definition) is 4. The fourth-order valence-electron chi connectivity index (χ4n) is 0.754. The Morgan fingerprint density at radius 2 is 1.88 bits per heavy atom. The highest BCUT2D eigenvalue weighted by Gasteiger charge is 2.26. The largest absolute Gasteiger partial charge is 0.465 e. The van der Waals surface area contributed by atoms with Crippen LogP contribution in [-0.2, 0) is 14.3 Å². The van der Waals surface area contributed by atoms with Gasteiger partial charge in [0.15, 0.2) is 0 Å². The van der Waals surface area contributed by atoms with Crippen LogP contribution in [0.1, 0.15) is 20.8 Å². The highest BCUT2D eigenvalue weighted by molar-refractivity contribution is 5.89. The lowest BCUT2D eigenvalue weighted by Gasteiger charge is -2.22. The zero-order valence-corrected chi connectivity index (χ0v) is 9.62. The highest BCUT2D eigenvalue weighted by atomic mass is 16.5. The normalized spacial score (nSPS) is 10.4. The summed E-state index contributed by atoms with van der Waals surface area (Å²) in [4.78, 5) is 33.0. The molecule has 0 radical (unpaired) electrons. The van der Waals surface area contributed by atoms with Crippen LogP contribution < -0.4 is 16.4 Å². The van der Waals surface area contributed by atoms with Gasteiger partial charge in [-0.2, -0.15) is 0 Å². The summed E-state index contributed by atoms with van der Waals surface area (Å²) in [6, 6.07) is -0.656. The lowest BCUT2D eigenvalue weighted by molar-refractivity contribution is -0.141. The Morgan fingerprint density at radius 3 is 2.31 bits per heavy atom. The molecule has 0 unspecified atom stereocenters. The molecule has 7 nitrogen and oxygen atoms in total. The number of urea groups is 1. The molecule has 0 aliphatic rings. The summed E-state index contributed by atoms with van der Waals surface area (Å²) in [6.45, 7) is 4.57. The summed E-state index contributed by atoms with van der Waals surface area (Å²) in [5.74, 6) is -1.21. The first-order valence-electron chi connectivity index (χ1n) is 4.81. The molecule has 0 aliphatic carbocycles. The molecule has 0 fully saturated rings. The number of amides is 3. The van der Waals surface area contributed by atoms with Crippen molar-refractivity contribution in [3.05, 3.63) is 0 Å². The van der Waals surface area contributed by atoms with E-state index in [1.165, 1.54) is 13.8 Å². The van der Waals surface area contributed by atoms with E-state index >= 15 is 0 Å². The topological polar surface area (TPSA) is 111 Å². The first-order valence-corrected chi connectivity index (χ1v) is 4.81. The molecule has 0 aliphatic heterocycles. The molecule has 0 heterocycles. The van der Waals surface area contributed by atoms with Gasteiger partial charge in [-0.15, -0.1) is 0 Å². The molecule has 16 heavy (non-hydrogen) atoms. The molecule has 0 spiro atoms. The van der Waals surface area contributed by atoms with E-state index in [9.17, 15) is 14.4 Å². The van der Waals surface area contributed by atoms with Crippen molar-refractivity contribution >= 4 is 17.9 Å². The summed E-state index contributed by atoms with van der Waals surface area (Å²) in [6.07, 6.45) is 0. The summed E-state index contributed by atoms with van der Waals surface area (Å²) >= 11 is 0. The van der Waals surface area contributed by atoms with Gasteiger partial charge in [-0.3, -0.25) is 9.59 Å². The summed E-state index contributed by atoms with van der Waals surface area (Å²) in [5, 5.41) is 4.57. The van der Waals surface area contributed by atoms with E-state index in [1.807, 2.05) is 0 Å². The minimum Gasteiger partial charge on any atom is -0.465 e. The number of nitrogens with one attached hydrogen (secondary N) is 2. The van der Waals surface area contributed by atoms with Crippen LogP contribution in [0.2, 0.25) is 0 Å². The van der Waals surface area contributed by atoms with Gasteiger partial charge in [0.05, 0.1) is 6.61 Å². The van der Waals surface area contributed by atoms with E-state index < -0.39 is 23.4 Å². The van der Waals surface area contributed by atoms with Crippen molar-refractivity contribution in [1.29, 1.82) is 0 Å². The average molecular weight is 231 g/mol. The zero-order chi connectivity index (χ0) is 12.8. The molecule has 4 N–H and O–H groups in total. The van der Waals surface area contributed by atoms with Crippen molar-refractivity contribution < 1.29 is 19.1 Å². The number of nitrogens with two attached hydrogens (primary N) is 1. The maximum absolute atomic E-state index is 11.2. The Morgan fingerprint density at radius 1 is 1.31 bits per heavy atom. The fourth-order valence-corrected chi connectivity index (χ4v) is 0.754. The van der Waals surface area contributed by atoms with Crippen LogP contribution in [0.3, 0.4) is 0 Å². The lowest BCUT2D eigenvalue weighted by atomic mass is 10.1. The first-order chi connectivity index (χ1) is 7.29. The number of esters is 1. The molecular formula is C9H17N3O4. The molecule has 0 saturated carbocycles. The van der Waals surface area contributed by atoms with E-state index in [1.54, 1.807) is 6.92 Å². The lowest BCUT2D eigenvalue weighted by Crippen LogP contribution is -2.56. The number of carbonyl (C=O) groups is 3. The molecular weight excluding hydrogens is 214 g/mol. The fraction of sp³-hybridized carbons (Fsp3) is 0.667. The predicted molar refractivity (Wildman–Crippen MR) is 56.4 cm³/mol. The molecule has 92 valence electrons. The van der Waals surface area contributed by atoms with Gasteiger partial charge in [-0.05, 0) is 20.8 Å². The highest BCUT2D eigenvalue weighted by Crippen LogP contribution is 1.99. The van der Waals surface area contributed by atoms with Crippen molar-refractivity contribution in [2.45, 2.75) is 26.3 Å². The Bertz CT molecular complexity index is 288. The minimum atomic E-state index is -1.17. The zero-order valence-electron chi connectivity index (χ0n) is 9.62. The van der Waals surface area contributed by atoms with Crippen LogP contribution in [-0.4, -0.2) is 36.6 Å². The van der Waals surface area contributed by atoms with Crippen molar-refractivity contribution in [1.82, 2.24) is 10.6 Å². The predicted octanol–water partition coefficient (Wildman–Crippen LogP) is -0.887. The van der Waals surface area contributed by atoms with Gasteiger partial charge in [0.2, 0.25) is 5.91 Å². The number of carbonyl (C=O) groups excluding carboxylic acids is 3. The molecule has 3 amide bonds. The summed E-state index contributed by atoms with van der Waals surface area (Å²) in [7, 11) is 0. The molecule has 7 heteroatoms. The number of ether oxygens (including phenoxy) is 1. The second kappa shape index (κ2) is 5.94. The molecule has 0 bridgehead atoms. The van der Waals surface area contributed by atoms with Gasteiger partial charge in [0.25, 0.3) is 0 Å². The molecule has 0 aromatic rings. The van der Waals surface area contributed by atoms with E-state index in [0.717, 1.165) is 0 Å². The van der Waals surface area contributed by atoms with Gasteiger partial charge >= 0.3 is 12.0 Å². The van der Waals surface area contributed by atoms with Gasteiger partial charge in [0.1, 0.15) is 12.1 Å². The van der Waals surface area contributed by atoms with Gasteiger partial charge < -0.3 is 21.1 Å². The van der Waals surface area contributed by atoms with Crippen LogP contribution in [0.5, 0.6) is 0 Å². The third-order valence-electron chi connectivity index (χ3n) is 1.74. The summed E-state index contributed by atoms with van der Waals surface area (Å²) < 4.78 is 4.60. The number of rotatable bonds is 5. The Balaban J connectivity index is 4.01. The van der Waals surface area contributed by atoms with Gasteiger partial charge in [-0.1, -0.05) is 0 Å². The molecule has 0 saturated heterocycles. The quantitative estimate of drug-likeness (QED) is 0.533. The van der Waals surface area contributed by atoms with E-state index in [-0.39, 0.29) is 13.2 Å². The van der Waals surface area contributed by atoms with Crippen LogP contribution >= 0.6 is 0 Å². The standard InChI is InChI=1S/C9H17N3O4/c1-4-16-6(13)5-11-8(15)12-9(2,3)7(10)14/h4-5H2,1-3H3,(H2,10,14)(H2,11,12,15). The molecule has 0 rings (SSSR count). The second-order valence-electron chi connectivity index (χ2n) is 3.60. The van der Waals surface area contributed by atoms with Crippen molar-refractivity contribution in [2.24, 2.45) is 5.73 Å². The van der Waals surface area contributed by atoms with Crippen LogP contribution in [0.25, 0.3) is 0 Å². The Kier molecular flexibility index (Phi) is 5.27. The maximum atomic E-state index is 11.2. The SMILES string of the molecule is CCOC(=O)CNC(=O)NC(C)(C)C(N)=O. The monoisotopic (exact) mass is 231 g/mol. The Labute approximate surface area is 93.7 Å². The van der Waals surface area contributed by atoms with Crippen molar-refractivity contribution in [3.63, 3.8) is 0 Å². The van der Waals surface area contributed by atoms with Crippen molar-refractivity contribution in [3.8, 4) is 0 Å². The third kappa shape index (κ3) is 5.18. The second-order valence-corrected chi connectivity index (χ2v) is 3.60. The van der Waals surface area contributed by atoms with Crippen LogP contribution in [0.4, 0.5) is 4.79 Å². The van der Waals surface area contributed by atoms with E-state index in [4.69, 9.17) is 5.73 Å². The smallest absolute Gasteiger partial charge is 0.325 e. The van der Waals surface area contributed by atoms with Crippen LogP contribution in [0.15, 0.2) is 0 Å². The average Bonchev–Trinajstić information content (AvgIpc) is 2.14. The first kappa shape index (κ1) is 14.2. The van der Waals surface area contributed by atoms with E-state index in [0.29, 0.717) is 0 Å². The molecule has 0 atom stereocenters. The number of hydrogen-bond donors (Lipinski definition) is 3. The van der Waals surface area contributed by atoms with Gasteiger partial charge in [0, 0.05) is 0 Å². The third-order valence-corrected chi connectivity index (χ3v) is 1.74. The molecule has 0 aromatic carbocycles. The molecule has 0 aromatic heterocycles. The van der Waals surface area contributed by atoms with Crippen molar-refractivity contribution in [2.75, 3.05) is 13.2 Å². The summed E-state index contributed by atoms with van der Waals surface area (Å²) in [5.41, 5.74) is 3.88. The van der Waals surface area contributed by atoms with Crippen LogP contribution in [0, 0.1) is 0 Å². The van der Waals surface area contributed by atoms with Gasteiger partial charge in [-0.25, -0.2) is 4.79 Å². The number of primary amides is 1. The minimum absolute atomic E-state index is 0.245. The Hall–Kier alpha value is -1.79. The van der Waals surface area contributed by atoms with E-state index in [2.05, 4.69) is 15.4 Å².